The highest BCUT2D eigenvalue weighted by Crippen LogP contribution is 2.20. The maximum Gasteiger partial charge on any atom is 0.239 e. The number of pyridine rings is 1. The van der Waals surface area contributed by atoms with Crippen molar-refractivity contribution in [2.24, 2.45) is 5.14 Å². The van der Waals surface area contributed by atoms with E-state index >= 15 is 0 Å². The minimum Gasteiger partial charge on any atom is -0.366 e. The number of hydrogen-bond donors (Lipinski definition) is 2. The van der Waals surface area contributed by atoms with Crippen molar-refractivity contribution < 1.29 is 8.42 Å². The first-order chi connectivity index (χ1) is 6.57. The lowest BCUT2D eigenvalue weighted by atomic mass is 10.2. The van der Waals surface area contributed by atoms with Gasteiger partial charge in [0.2, 0.25) is 10.0 Å². The summed E-state index contributed by atoms with van der Waals surface area (Å²) in [6.45, 7) is 0.703. The number of rotatable bonds is 1. The molecule has 0 atom stereocenters. The lowest BCUT2D eigenvalue weighted by molar-refractivity contribution is 0.597. The minimum absolute atomic E-state index is 0.0320. The Labute approximate surface area is 81.7 Å². The summed E-state index contributed by atoms with van der Waals surface area (Å²) in [4.78, 5) is 4.00. The van der Waals surface area contributed by atoms with Crippen LogP contribution in [0.1, 0.15) is 5.56 Å². The molecule has 1 aliphatic heterocycles. The first kappa shape index (κ1) is 9.17. The third kappa shape index (κ3) is 1.61. The Bertz CT molecular complexity index is 493. The average molecular weight is 211 g/mol. The van der Waals surface area contributed by atoms with Crippen LogP contribution >= 0.6 is 0 Å². The van der Waals surface area contributed by atoms with E-state index in [1.165, 1.54) is 12.3 Å². The Hall–Kier alpha value is -1.40. The molecule has 0 spiro atoms. The van der Waals surface area contributed by atoms with Crippen LogP contribution in [0.5, 0.6) is 0 Å². The van der Waals surface area contributed by atoms with Crippen LogP contribution in [-0.2, 0) is 10.0 Å². The number of aromatic nitrogens is 1. The molecule has 0 unspecified atom stereocenters. The predicted molar refractivity (Wildman–Crippen MR) is 53.1 cm³/mol. The topological polar surface area (TPSA) is 85.1 Å². The fourth-order valence-electron chi connectivity index (χ4n) is 1.23. The van der Waals surface area contributed by atoms with Crippen LogP contribution < -0.4 is 10.5 Å². The molecule has 5 nitrogen and oxygen atoms in total. The molecule has 1 aromatic heterocycles. The second-order valence-electron chi connectivity index (χ2n) is 2.94. The van der Waals surface area contributed by atoms with E-state index in [0.29, 0.717) is 12.4 Å². The molecule has 0 amide bonds. The van der Waals surface area contributed by atoms with E-state index < -0.39 is 10.0 Å². The van der Waals surface area contributed by atoms with E-state index in [2.05, 4.69) is 10.3 Å². The van der Waals surface area contributed by atoms with Gasteiger partial charge in [-0.15, -0.1) is 0 Å². The second-order valence-corrected chi connectivity index (χ2v) is 4.50. The summed E-state index contributed by atoms with van der Waals surface area (Å²) in [6, 6.07) is 1.50. The Morgan fingerprint density at radius 3 is 3.00 bits per heavy atom. The smallest absolute Gasteiger partial charge is 0.239 e. The molecule has 74 valence electrons. The number of nitrogens with two attached hydrogens (primary N) is 1. The molecular weight excluding hydrogens is 202 g/mol. The van der Waals surface area contributed by atoms with Crippen molar-refractivity contribution in [2.75, 3.05) is 11.9 Å². The summed E-state index contributed by atoms with van der Waals surface area (Å²) in [5.74, 6) is 0.680. The Kier molecular flexibility index (Phi) is 2.01. The molecule has 0 radical (unpaired) electrons. The Morgan fingerprint density at radius 2 is 2.29 bits per heavy atom. The second kappa shape index (κ2) is 3.07. The van der Waals surface area contributed by atoms with Crippen LogP contribution in [0, 0.1) is 0 Å². The van der Waals surface area contributed by atoms with Gasteiger partial charge in [-0.2, -0.15) is 0 Å². The van der Waals surface area contributed by atoms with E-state index in [-0.39, 0.29) is 4.90 Å². The fraction of sp³-hybridized carbons (Fsp3) is 0.125. The van der Waals surface area contributed by atoms with Crippen molar-refractivity contribution in [2.45, 2.75) is 4.90 Å². The number of nitrogens with one attached hydrogen (secondary N) is 1. The third-order valence-corrected chi connectivity index (χ3v) is 2.79. The first-order valence-electron chi connectivity index (χ1n) is 4.00. The van der Waals surface area contributed by atoms with Gasteiger partial charge in [-0.05, 0) is 6.07 Å². The zero-order chi connectivity index (χ0) is 10.2. The van der Waals surface area contributed by atoms with Crippen LogP contribution in [0.2, 0.25) is 0 Å². The molecule has 1 aliphatic rings. The van der Waals surface area contributed by atoms with Crippen LogP contribution in [0.3, 0.4) is 0 Å². The number of nitrogens with zero attached hydrogens (tertiary/aromatic N) is 1. The lowest BCUT2D eigenvalue weighted by Crippen LogP contribution is -2.14. The molecular formula is C8H9N3O2S. The monoisotopic (exact) mass is 211 g/mol. The van der Waals surface area contributed by atoms with Crippen molar-refractivity contribution in [3.05, 3.63) is 23.9 Å². The molecule has 1 aromatic rings. The van der Waals surface area contributed by atoms with Crippen molar-refractivity contribution in [3.63, 3.8) is 0 Å². The largest absolute Gasteiger partial charge is 0.366 e. The summed E-state index contributed by atoms with van der Waals surface area (Å²) in [7, 11) is -3.66. The van der Waals surface area contributed by atoms with Crippen LogP contribution in [0.4, 0.5) is 5.82 Å². The summed E-state index contributed by atoms with van der Waals surface area (Å²) < 4.78 is 22.0. The van der Waals surface area contributed by atoms with E-state index in [9.17, 15) is 8.42 Å². The van der Waals surface area contributed by atoms with Crippen molar-refractivity contribution >= 4 is 21.9 Å². The molecule has 2 rings (SSSR count). The summed E-state index contributed by atoms with van der Waals surface area (Å²) in [5.41, 5.74) is 0.739. The van der Waals surface area contributed by atoms with Gasteiger partial charge in [-0.25, -0.2) is 18.5 Å². The summed E-state index contributed by atoms with van der Waals surface area (Å²) in [5, 5.41) is 7.99. The van der Waals surface area contributed by atoms with Gasteiger partial charge in [-0.1, -0.05) is 12.2 Å². The average Bonchev–Trinajstić information content (AvgIpc) is 2.16. The third-order valence-electron chi connectivity index (χ3n) is 1.91. The van der Waals surface area contributed by atoms with E-state index in [4.69, 9.17) is 5.14 Å². The molecule has 2 heterocycles. The number of hydrogen-bond acceptors (Lipinski definition) is 4. The zero-order valence-corrected chi connectivity index (χ0v) is 8.08. The van der Waals surface area contributed by atoms with Crippen LogP contribution in [0.15, 0.2) is 23.2 Å². The molecule has 0 saturated carbocycles. The van der Waals surface area contributed by atoms with Gasteiger partial charge in [0, 0.05) is 18.3 Å². The number of primary sulfonamides is 1. The molecule has 0 saturated heterocycles. The molecule has 0 aromatic carbocycles. The molecule has 0 aliphatic carbocycles. The molecule has 14 heavy (non-hydrogen) atoms. The number of anilines is 1. The molecule has 0 bridgehead atoms. The van der Waals surface area contributed by atoms with Crippen LogP contribution in [0.25, 0.3) is 6.08 Å². The van der Waals surface area contributed by atoms with Crippen molar-refractivity contribution in [3.8, 4) is 0 Å². The Balaban J connectivity index is 2.56. The van der Waals surface area contributed by atoms with Gasteiger partial charge in [0.15, 0.2) is 0 Å². The normalized spacial score (nSPS) is 14.6. The van der Waals surface area contributed by atoms with Crippen molar-refractivity contribution in [1.82, 2.24) is 4.98 Å². The standard InChI is InChI=1S/C8H9N3O2S/c9-14(12,13)7-4-6-2-1-3-10-8(6)11-5-7/h1-2,4-5H,3H2,(H,10,11)(H2,9,12,13). The van der Waals surface area contributed by atoms with Gasteiger partial charge in [0.05, 0.1) is 0 Å². The van der Waals surface area contributed by atoms with Crippen LogP contribution in [-0.4, -0.2) is 19.9 Å². The maximum atomic E-state index is 11.0. The highest BCUT2D eigenvalue weighted by atomic mass is 32.2. The van der Waals surface area contributed by atoms with Gasteiger partial charge in [0.1, 0.15) is 10.7 Å². The van der Waals surface area contributed by atoms with E-state index in [1.54, 1.807) is 0 Å². The maximum absolute atomic E-state index is 11.0. The van der Waals surface area contributed by atoms with Gasteiger partial charge >= 0.3 is 0 Å². The van der Waals surface area contributed by atoms with Gasteiger partial charge in [-0.3, -0.25) is 0 Å². The predicted octanol–water partition coefficient (Wildman–Crippen LogP) is 0.168. The number of fused-ring (bicyclic) bond motifs is 1. The minimum atomic E-state index is -3.66. The van der Waals surface area contributed by atoms with E-state index in [0.717, 1.165) is 5.56 Å². The highest BCUT2D eigenvalue weighted by Gasteiger charge is 2.12. The molecule has 3 N–H and O–H groups in total. The van der Waals surface area contributed by atoms with Crippen molar-refractivity contribution in [1.29, 1.82) is 0 Å². The lowest BCUT2D eigenvalue weighted by Gasteiger charge is -2.11. The van der Waals surface area contributed by atoms with Gasteiger partial charge < -0.3 is 5.32 Å². The first-order valence-corrected chi connectivity index (χ1v) is 5.55. The summed E-state index contributed by atoms with van der Waals surface area (Å²) >= 11 is 0. The quantitative estimate of drug-likeness (QED) is 0.693. The SMILES string of the molecule is NS(=O)(=O)c1cnc2c(c1)C=CCN2. The van der Waals surface area contributed by atoms with E-state index in [1.807, 2.05) is 12.2 Å². The molecule has 6 heteroatoms. The zero-order valence-electron chi connectivity index (χ0n) is 7.27. The molecule has 0 fully saturated rings. The van der Waals surface area contributed by atoms with Gasteiger partial charge in [0.25, 0.3) is 0 Å². The Morgan fingerprint density at radius 1 is 1.50 bits per heavy atom. The summed E-state index contributed by atoms with van der Waals surface area (Å²) in [6.07, 6.45) is 4.95. The fourth-order valence-corrected chi connectivity index (χ4v) is 1.72. The number of sulfonamides is 1. The highest BCUT2D eigenvalue weighted by molar-refractivity contribution is 7.89.